The van der Waals surface area contributed by atoms with Crippen LogP contribution < -0.4 is 5.32 Å². The predicted octanol–water partition coefficient (Wildman–Crippen LogP) is 0.168. The van der Waals surface area contributed by atoms with Crippen LogP contribution in [-0.2, 0) is 0 Å². The molecular formula is C6H12N2O2. The number of nitrogens with one attached hydrogen (secondary N) is 1. The van der Waals surface area contributed by atoms with Crippen molar-refractivity contribution in [2.75, 3.05) is 6.54 Å². The molecule has 58 valence electrons. The molecule has 0 saturated carbocycles. The van der Waals surface area contributed by atoms with E-state index in [1.807, 2.05) is 0 Å². The van der Waals surface area contributed by atoms with Crippen LogP contribution in [0.2, 0.25) is 0 Å². The molecule has 0 radical (unpaired) electrons. The van der Waals surface area contributed by atoms with Crippen molar-refractivity contribution in [2.24, 2.45) is 4.99 Å². The highest BCUT2D eigenvalue weighted by Crippen LogP contribution is 1.76. The summed E-state index contributed by atoms with van der Waals surface area (Å²) in [6.07, 6.45) is 0.883. The van der Waals surface area contributed by atoms with E-state index in [2.05, 4.69) is 10.3 Å². The van der Waals surface area contributed by atoms with Crippen LogP contribution in [-0.4, -0.2) is 30.0 Å². The Labute approximate surface area is 60.0 Å². The van der Waals surface area contributed by atoms with Crippen LogP contribution in [0.15, 0.2) is 4.99 Å². The van der Waals surface area contributed by atoms with Gasteiger partial charge in [0.25, 0.3) is 0 Å². The highest BCUT2D eigenvalue weighted by Gasteiger charge is 1.97. The van der Waals surface area contributed by atoms with Crippen LogP contribution in [0.3, 0.4) is 0 Å². The summed E-state index contributed by atoms with van der Waals surface area (Å²) >= 11 is 0. The quantitative estimate of drug-likeness (QED) is 0.542. The third-order valence-electron chi connectivity index (χ3n) is 0.795. The second-order valence-electron chi connectivity index (χ2n) is 1.92. The Kier molecular flexibility index (Phi) is 4.49. The van der Waals surface area contributed by atoms with Crippen molar-refractivity contribution in [3.8, 4) is 0 Å². The zero-order chi connectivity index (χ0) is 7.98. The predicted molar refractivity (Wildman–Crippen MR) is 39.2 cm³/mol. The van der Waals surface area contributed by atoms with Crippen molar-refractivity contribution in [2.45, 2.75) is 20.0 Å². The molecule has 0 bridgehead atoms. The van der Waals surface area contributed by atoms with Crippen molar-refractivity contribution < 1.29 is 9.90 Å². The van der Waals surface area contributed by atoms with E-state index in [0.717, 1.165) is 0 Å². The Hall–Kier alpha value is -0.900. The lowest BCUT2D eigenvalue weighted by atomic mass is 10.4. The number of aliphatic hydroxyl groups is 1. The molecule has 0 aromatic heterocycles. The number of amides is 2. The second kappa shape index (κ2) is 4.93. The molecule has 4 heteroatoms. The lowest BCUT2D eigenvalue weighted by molar-refractivity contribution is 0.189. The Bertz CT molecular complexity index is 132. The Morgan fingerprint density at radius 3 is 2.90 bits per heavy atom. The molecule has 0 aromatic rings. The SMILES string of the molecule is CC=NC(=O)NCC(C)O. The van der Waals surface area contributed by atoms with Crippen molar-refractivity contribution in [1.29, 1.82) is 0 Å². The summed E-state index contributed by atoms with van der Waals surface area (Å²) < 4.78 is 0. The van der Waals surface area contributed by atoms with Gasteiger partial charge in [-0.05, 0) is 13.8 Å². The first-order valence-corrected chi connectivity index (χ1v) is 3.11. The van der Waals surface area contributed by atoms with Gasteiger partial charge in [-0.3, -0.25) is 0 Å². The van der Waals surface area contributed by atoms with E-state index in [1.54, 1.807) is 13.8 Å². The van der Waals surface area contributed by atoms with Gasteiger partial charge in [-0.2, -0.15) is 0 Å². The molecule has 0 spiro atoms. The summed E-state index contributed by atoms with van der Waals surface area (Å²) in [5.74, 6) is 0. The minimum absolute atomic E-state index is 0.246. The standard InChI is InChI=1S/C6H12N2O2/c1-3-7-6(10)8-4-5(2)9/h3,5,9H,4H2,1-2H3,(H,8,10). The molecule has 0 rings (SSSR count). The first-order chi connectivity index (χ1) is 4.66. The molecule has 0 fully saturated rings. The van der Waals surface area contributed by atoms with Gasteiger partial charge in [-0.1, -0.05) is 0 Å². The third kappa shape index (κ3) is 5.24. The van der Waals surface area contributed by atoms with Gasteiger partial charge in [-0.25, -0.2) is 9.79 Å². The van der Waals surface area contributed by atoms with E-state index in [0.29, 0.717) is 0 Å². The molecular weight excluding hydrogens is 132 g/mol. The highest BCUT2D eigenvalue weighted by atomic mass is 16.3. The normalized spacial score (nSPS) is 13.5. The van der Waals surface area contributed by atoms with Gasteiger partial charge in [0.2, 0.25) is 0 Å². The van der Waals surface area contributed by atoms with Crippen LogP contribution in [0.25, 0.3) is 0 Å². The van der Waals surface area contributed by atoms with Gasteiger partial charge in [0.05, 0.1) is 6.10 Å². The van der Waals surface area contributed by atoms with E-state index in [4.69, 9.17) is 5.11 Å². The number of urea groups is 1. The molecule has 2 amide bonds. The fraction of sp³-hybridized carbons (Fsp3) is 0.667. The maximum absolute atomic E-state index is 10.5. The lowest BCUT2D eigenvalue weighted by Crippen LogP contribution is -2.28. The second-order valence-corrected chi connectivity index (χ2v) is 1.92. The topological polar surface area (TPSA) is 61.7 Å². The fourth-order valence-corrected chi connectivity index (χ4v) is 0.398. The van der Waals surface area contributed by atoms with Crippen molar-refractivity contribution in [1.82, 2.24) is 5.32 Å². The highest BCUT2D eigenvalue weighted by molar-refractivity contribution is 5.82. The molecule has 0 aliphatic rings. The summed E-state index contributed by atoms with van der Waals surface area (Å²) in [6, 6.07) is -0.414. The molecule has 4 nitrogen and oxygen atoms in total. The minimum Gasteiger partial charge on any atom is -0.392 e. The van der Waals surface area contributed by atoms with Crippen LogP contribution in [0.1, 0.15) is 13.8 Å². The molecule has 1 unspecified atom stereocenters. The van der Waals surface area contributed by atoms with Crippen molar-refractivity contribution in [3.05, 3.63) is 0 Å². The van der Waals surface area contributed by atoms with Crippen LogP contribution in [0.4, 0.5) is 4.79 Å². The maximum Gasteiger partial charge on any atom is 0.340 e. The van der Waals surface area contributed by atoms with Crippen LogP contribution >= 0.6 is 0 Å². The van der Waals surface area contributed by atoms with E-state index in [9.17, 15) is 4.79 Å². The molecule has 0 heterocycles. The summed E-state index contributed by atoms with van der Waals surface area (Å²) in [7, 11) is 0. The Morgan fingerprint density at radius 2 is 2.50 bits per heavy atom. The smallest absolute Gasteiger partial charge is 0.340 e. The van der Waals surface area contributed by atoms with Gasteiger partial charge in [0.15, 0.2) is 0 Å². The average molecular weight is 144 g/mol. The number of nitrogens with zero attached hydrogens (tertiary/aromatic N) is 1. The van der Waals surface area contributed by atoms with E-state index in [-0.39, 0.29) is 6.54 Å². The number of rotatable bonds is 2. The van der Waals surface area contributed by atoms with Crippen molar-refractivity contribution in [3.63, 3.8) is 0 Å². The van der Waals surface area contributed by atoms with Crippen LogP contribution in [0, 0.1) is 0 Å². The van der Waals surface area contributed by atoms with Gasteiger partial charge < -0.3 is 10.4 Å². The van der Waals surface area contributed by atoms with E-state index in [1.165, 1.54) is 6.21 Å². The van der Waals surface area contributed by atoms with E-state index >= 15 is 0 Å². The van der Waals surface area contributed by atoms with Crippen LogP contribution in [0.5, 0.6) is 0 Å². The first-order valence-electron chi connectivity index (χ1n) is 3.11. The molecule has 0 saturated heterocycles. The van der Waals surface area contributed by atoms with Gasteiger partial charge in [0, 0.05) is 12.8 Å². The summed E-state index contributed by atoms with van der Waals surface area (Å²) in [4.78, 5) is 13.9. The Balaban J connectivity index is 3.40. The number of hydrogen-bond donors (Lipinski definition) is 2. The van der Waals surface area contributed by atoms with Gasteiger partial charge in [0.1, 0.15) is 0 Å². The molecule has 0 aliphatic heterocycles. The third-order valence-corrected chi connectivity index (χ3v) is 0.795. The fourth-order valence-electron chi connectivity index (χ4n) is 0.398. The maximum atomic E-state index is 10.5. The molecule has 10 heavy (non-hydrogen) atoms. The lowest BCUT2D eigenvalue weighted by Gasteiger charge is -2.02. The monoisotopic (exact) mass is 144 g/mol. The first kappa shape index (κ1) is 9.10. The molecule has 0 aromatic carbocycles. The molecule has 2 N–H and O–H groups in total. The number of carbonyl (C=O) groups excluding carboxylic acids is 1. The molecule has 1 atom stereocenters. The summed E-state index contributed by atoms with van der Waals surface area (Å²) in [6.45, 7) is 3.49. The van der Waals surface area contributed by atoms with E-state index < -0.39 is 12.1 Å². The number of carbonyl (C=O) groups is 1. The zero-order valence-corrected chi connectivity index (χ0v) is 6.16. The Morgan fingerprint density at radius 1 is 1.90 bits per heavy atom. The van der Waals surface area contributed by atoms with Crippen molar-refractivity contribution >= 4 is 12.2 Å². The minimum atomic E-state index is -0.518. The number of aliphatic imine (C=N–C) groups is 1. The largest absolute Gasteiger partial charge is 0.392 e. The summed E-state index contributed by atoms with van der Waals surface area (Å²) in [5.41, 5.74) is 0. The average Bonchev–Trinajstić information content (AvgIpc) is 1.85. The molecule has 0 aliphatic carbocycles. The number of aliphatic hydroxyl groups excluding tert-OH is 1. The summed E-state index contributed by atoms with van der Waals surface area (Å²) in [5, 5.41) is 11.1. The van der Waals surface area contributed by atoms with Gasteiger partial charge in [-0.15, -0.1) is 0 Å². The number of hydrogen-bond acceptors (Lipinski definition) is 2. The van der Waals surface area contributed by atoms with Gasteiger partial charge >= 0.3 is 6.03 Å². The zero-order valence-electron chi connectivity index (χ0n) is 6.16.